The number of hydrogen-bond donors (Lipinski definition) is 0. The van der Waals surface area contributed by atoms with Crippen molar-refractivity contribution in [3.63, 3.8) is 0 Å². The van der Waals surface area contributed by atoms with E-state index in [-0.39, 0.29) is 12.0 Å². The monoisotopic (exact) mass is 297 g/mol. The van der Waals surface area contributed by atoms with Gasteiger partial charge in [-0.1, -0.05) is 49.7 Å². The lowest BCUT2D eigenvalue weighted by molar-refractivity contribution is -0.141. The summed E-state index contributed by atoms with van der Waals surface area (Å²) in [5.41, 5.74) is 2.19. The van der Waals surface area contributed by atoms with Gasteiger partial charge in [-0.25, -0.2) is 0 Å². The molecule has 0 N–H and O–H groups in total. The number of ether oxygens (including phenoxy) is 1. The average molecular weight is 297 g/mol. The van der Waals surface area contributed by atoms with Gasteiger partial charge in [-0.15, -0.1) is 0 Å². The summed E-state index contributed by atoms with van der Waals surface area (Å²) in [4.78, 5) is 14.1. The van der Waals surface area contributed by atoms with Crippen molar-refractivity contribution >= 4 is 17.3 Å². The van der Waals surface area contributed by atoms with Crippen LogP contribution in [-0.2, 0) is 9.53 Å². The summed E-state index contributed by atoms with van der Waals surface area (Å²) < 4.78 is 4.88. The maximum atomic E-state index is 11.8. The smallest absolute Gasteiger partial charge is 0.307 e. The maximum Gasteiger partial charge on any atom is 0.307 e. The van der Waals surface area contributed by atoms with Gasteiger partial charge in [0.15, 0.2) is 0 Å². The molecule has 2 rings (SSSR count). The van der Waals surface area contributed by atoms with Crippen LogP contribution in [0.25, 0.3) is 0 Å². The van der Waals surface area contributed by atoms with Crippen LogP contribution in [0, 0.1) is 0 Å². The summed E-state index contributed by atoms with van der Waals surface area (Å²) in [6.45, 7) is 2.14. The summed E-state index contributed by atoms with van der Waals surface area (Å²) in [5, 5.41) is 0. The zero-order valence-electron chi connectivity index (χ0n) is 13.2. The van der Waals surface area contributed by atoms with Crippen molar-refractivity contribution in [2.45, 2.75) is 32.2 Å². The Labute approximate surface area is 132 Å². The molecule has 0 spiro atoms. The first-order chi connectivity index (χ1) is 10.8. The molecule has 22 heavy (non-hydrogen) atoms. The molecule has 0 saturated carbocycles. The second-order valence-electron chi connectivity index (χ2n) is 5.26. The van der Waals surface area contributed by atoms with Crippen LogP contribution < -0.4 is 4.90 Å². The van der Waals surface area contributed by atoms with Gasteiger partial charge in [0, 0.05) is 17.4 Å². The lowest BCUT2D eigenvalue weighted by atomic mass is 10.0. The Hall–Kier alpha value is -2.29. The highest BCUT2D eigenvalue weighted by Gasteiger charge is 2.23. The normalized spacial score (nSPS) is 11.7. The highest BCUT2D eigenvalue weighted by atomic mass is 16.5. The largest absolute Gasteiger partial charge is 0.469 e. The Morgan fingerprint density at radius 1 is 1.00 bits per heavy atom. The number of nitrogens with zero attached hydrogens (tertiary/aromatic N) is 1. The van der Waals surface area contributed by atoms with Crippen molar-refractivity contribution in [3.05, 3.63) is 60.7 Å². The molecular weight excluding hydrogens is 274 g/mol. The van der Waals surface area contributed by atoms with Crippen molar-refractivity contribution in [2.75, 3.05) is 12.0 Å². The van der Waals surface area contributed by atoms with Crippen LogP contribution >= 0.6 is 0 Å². The molecule has 0 unspecified atom stereocenters. The highest BCUT2D eigenvalue weighted by Crippen LogP contribution is 2.30. The molecule has 0 heterocycles. The number of esters is 1. The van der Waals surface area contributed by atoms with Crippen molar-refractivity contribution < 1.29 is 9.53 Å². The van der Waals surface area contributed by atoms with E-state index in [1.807, 2.05) is 36.4 Å². The van der Waals surface area contributed by atoms with Gasteiger partial charge < -0.3 is 9.64 Å². The van der Waals surface area contributed by atoms with Crippen LogP contribution in [0.2, 0.25) is 0 Å². The number of hydrogen-bond acceptors (Lipinski definition) is 3. The second-order valence-corrected chi connectivity index (χ2v) is 5.26. The maximum absolute atomic E-state index is 11.8. The van der Waals surface area contributed by atoms with E-state index >= 15 is 0 Å². The lowest BCUT2D eigenvalue weighted by Gasteiger charge is -2.33. The van der Waals surface area contributed by atoms with Crippen molar-refractivity contribution in [2.24, 2.45) is 0 Å². The minimum Gasteiger partial charge on any atom is -0.469 e. The molecule has 0 amide bonds. The molecule has 3 heteroatoms. The van der Waals surface area contributed by atoms with Gasteiger partial charge in [-0.05, 0) is 30.7 Å². The predicted molar refractivity (Wildman–Crippen MR) is 90.4 cm³/mol. The minimum atomic E-state index is -0.171. The Balaban J connectivity index is 2.39. The van der Waals surface area contributed by atoms with Crippen LogP contribution in [-0.4, -0.2) is 19.1 Å². The summed E-state index contributed by atoms with van der Waals surface area (Å²) in [6.07, 6.45) is 2.32. The van der Waals surface area contributed by atoms with E-state index in [0.29, 0.717) is 6.42 Å². The molecule has 2 aromatic carbocycles. The number of carbonyl (C=O) groups is 1. The number of para-hydroxylation sites is 2. The van der Waals surface area contributed by atoms with Crippen LogP contribution in [0.3, 0.4) is 0 Å². The van der Waals surface area contributed by atoms with Crippen molar-refractivity contribution in [1.29, 1.82) is 0 Å². The molecule has 2 aromatic rings. The van der Waals surface area contributed by atoms with Crippen molar-refractivity contribution in [3.8, 4) is 0 Å². The molecule has 0 aromatic heterocycles. The lowest BCUT2D eigenvalue weighted by Crippen LogP contribution is -2.33. The number of rotatable bonds is 7. The SMILES string of the molecule is CCC[C@@H](CC(=O)OC)N(c1ccccc1)c1ccccc1. The Morgan fingerprint density at radius 2 is 1.50 bits per heavy atom. The summed E-state index contributed by atoms with van der Waals surface area (Å²) in [7, 11) is 1.45. The summed E-state index contributed by atoms with van der Waals surface area (Å²) >= 11 is 0. The third kappa shape index (κ3) is 4.10. The molecule has 0 fully saturated rings. The first-order valence-corrected chi connectivity index (χ1v) is 7.72. The Morgan fingerprint density at radius 3 is 1.91 bits per heavy atom. The number of anilines is 2. The topological polar surface area (TPSA) is 29.5 Å². The molecule has 3 nitrogen and oxygen atoms in total. The quantitative estimate of drug-likeness (QED) is 0.702. The third-order valence-electron chi connectivity index (χ3n) is 3.69. The van der Waals surface area contributed by atoms with Gasteiger partial charge in [0.1, 0.15) is 0 Å². The van der Waals surface area contributed by atoms with Crippen LogP contribution in [0.15, 0.2) is 60.7 Å². The minimum absolute atomic E-state index is 0.0854. The van der Waals surface area contributed by atoms with E-state index in [9.17, 15) is 4.79 Å². The molecule has 1 atom stereocenters. The van der Waals surface area contributed by atoms with E-state index in [1.165, 1.54) is 7.11 Å². The molecule has 0 aliphatic heterocycles. The number of benzene rings is 2. The van der Waals surface area contributed by atoms with Gasteiger partial charge in [0.2, 0.25) is 0 Å². The summed E-state index contributed by atoms with van der Waals surface area (Å²) in [6, 6.07) is 20.5. The van der Waals surface area contributed by atoms with E-state index in [2.05, 4.69) is 36.1 Å². The van der Waals surface area contributed by atoms with Crippen molar-refractivity contribution in [1.82, 2.24) is 0 Å². The standard InChI is InChI=1S/C19H23NO2/c1-3-10-18(15-19(21)22-2)20(16-11-6-4-7-12-16)17-13-8-5-9-14-17/h4-9,11-14,18H,3,10,15H2,1-2H3/t18-/m0/s1. The van der Waals surface area contributed by atoms with Gasteiger partial charge in [-0.3, -0.25) is 4.79 Å². The number of carbonyl (C=O) groups excluding carboxylic acids is 1. The van der Waals surface area contributed by atoms with Gasteiger partial charge in [-0.2, -0.15) is 0 Å². The van der Waals surface area contributed by atoms with E-state index in [0.717, 1.165) is 24.2 Å². The van der Waals surface area contributed by atoms with Crippen LogP contribution in [0.4, 0.5) is 11.4 Å². The van der Waals surface area contributed by atoms with E-state index in [4.69, 9.17) is 4.74 Å². The fraction of sp³-hybridized carbons (Fsp3) is 0.316. The highest BCUT2D eigenvalue weighted by molar-refractivity contribution is 5.73. The fourth-order valence-corrected chi connectivity index (χ4v) is 2.68. The van der Waals surface area contributed by atoms with E-state index in [1.54, 1.807) is 0 Å². The Kier molecular flexibility index (Phi) is 6.01. The fourth-order valence-electron chi connectivity index (χ4n) is 2.68. The zero-order valence-corrected chi connectivity index (χ0v) is 13.2. The van der Waals surface area contributed by atoms with E-state index < -0.39 is 0 Å². The third-order valence-corrected chi connectivity index (χ3v) is 3.69. The van der Waals surface area contributed by atoms with Crippen LogP contribution in [0.1, 0.15) is 26.2 Å². The van der Waals surface area contributed by atoms with Gasteiger partial charge in [0.05, 0.1) is 13.5 Å². The molecule has 0 aliphatic carbocycles. The van der Waals surface area contributed by atoms with Gasteiger partial charge >= 0.3 is 5.97 Å². The number of methoxy groups -OCH3 is 1. The first-order valence-electron chi connectivity index (χ1n) is 7.72. The summed E-state index contributed by atoms with van der Waals surface area (Å²) in [5.74, 6) is -0.171. The molecule has 0 radical (unpaired) electrons. The molecular formula is C19H23NO2. The molecule has 116 valence electrons. The molecule has 0 saturated heterocycles. The Bertz CT molecular complexity index is 529. The van der Waals surface area contributed by atoms with Gasteiger partial charge in [0.25, 0.3) is 0 Å². The predicted octanol–water partition coefficient (Wildman–Crippen LogP) is 4.56. The molecule has 0 aliphatic rings. The molecule has 0 bridgehead atoms. The average Bonchev–Trinajstić information content (AvgIpc) is 2.57. The zero-order chi connectivity index (χ0) is 15.8. The first kappa shape index (κ1) is 16.1. The second kappa shape index (κ2) is 8.23. The van der Waals surface area contributed by atoms with Crippen LogP contribution in [0.5, 0.6) is 0 Å².